The van der Waals surface area contributed by atoms with E-state index < -0.39 is 0 Å². The average Bonchev–Trinajstić information content (AvgIpc) is 3.11. The number of thiazole rings is 1. The summed E-state index contributed by atoms with van der Waals surface area (Å²) in [5.41, 5.74) is 6.40. The van der Waals surface area contributed by atoms with Crippen molar-refractivity contribution in [1.29, 1.82) is 0 Å². The lowest BCUT2D eigenvalue weighted by Gasteiger charge is -2.22. The topological polar surface area (TPSA) is 74.3 Å². The number of carbonyl (C=O) groups is 2. The third kappa shape index (κ3) is 5.27. The number of carbonyl (C=O) groups excluding carboxylic acids is 2. The molecule has 0 radical (unpaired) electrons. The zero-order valence-corrected chi connectivity index (χ0v) is 20.6. The number of nitrogens with one attached hydrogen (secondary N) is 2. The van der Waals surface area contributed by atoms with Gasteiger partial charge in [-0.25, -0.2) is 4.98 Å². The maximum Gasteiger partial charge on any atom is 0.255 e. The minimum Gasteiger partial charge on any atom is -0.339 e. The second kappa shape index (κ2) is 10.1. The SMILES string of the molecule is CCCN(CCC)C(=O)c1cc(NC(C)=O)cc2nc(Nc3c(C)cc(C)cc3C)sc12. The van der Waals surface area contributed by atoms with Crippen LogP contribution in [-0.2, 0) is 4.79 Å². The van der Waals surface area contributed by atoms with Gasteiger partial charge in [0, 0.05) is 31.4 Å². The van der Waals surface area contributed by atoms with Gasteiger partial charge >= 0.3 is 0 Å². The maximum atomic E-state index is 13.5. The molecule has 0 aliphatic carbocycles. The third-order valence-electron chi connectivity index (χ3n) is 5.22. The first kappa shape index (κ1) is 23.7. The summed E-state index contributed by atoms with van der Waals surface area (Å²) in [5.74, 6) is -0.204. The van der Waals surface area contributed by atoms with Crippen LogP contribution >= 0.6 is 11.3 Å². The minimum atomic E-state index is -0.179. The Bertz CT molecular complexity index is 1120. The van der Waals surface area contributed by atoms with Gasteiger partial charge in [0.15, 0.2) is 5.13 Å². The molecule has 3 aromatic rings. The summed E-state index contributed by atoms with van der Waals surface area (Å²) in [6.45, 7) is 13.2. The molecule has 0 saturated carbocycles. The smallest absolute Gasteiger partial charge is 0.255 e. The summed E-state index contributed by atoms with van der Waals surface area (Å²) in [6.07, 6.45) is 1.78. The fraction of sp³-hybridized carbons (Fsp3) is 0.400. The highest BCUT2D eigenvalue weighted by molar-refractivity contribution is 7.22. The third-order valence-corrected chi connectivity index (χ3v) is 6.24. The molecule has 0 spiro atoms. The van der Waals surface area contributed by atoms with Crippen molar-refractivity contribution in [3.05, 3.63) is 46.5 Å². The molecule has 2 N–H and O–H groups in total. The summed E-state index contributed by atoms with van der Waals surface area (Å²) in [4.78, 5) is 31.8. The van der Waals surface area contributed by atoms with Crippen LogP contribution in [0.5, 0.6) is 0 Å². The molecule has 170 valence electrons. The maximum absolute atomic E-state index is 13.5. The van der Waals surface area contributed by atoms with Crippen molar-refractivity contribution in [2.75, 3.05) is 23.7 Å². The molecule has 0 atom stereocenters. The summed E-state index contributed by atoms with van der Waals surface area (Å²) in [7, 11) is 0. The van der Waals surface area contributed by atoms with Crippen LogP contribution in [-0.4, -0.2) is 34.8 Å². The first-order valence-electron chi connectivity index (χ1n) is 11.1. The number of amides is 2. The highest BCUT2D eigenvalue weighted by atomic mass is 32.1. The van der Waals surface area contributed by atoms with Crippen molar-refractivity contribution in [2.24, 2.45) is 0 Å². The van der Waals surface area contributed by atoms with Crippen molar-refractivity contribution in [3.8, 4) is 0 Å². The molecule has 3 rings (SSSR count). The van der Waals surface area contributed by atoms with Crippen molar-refractivity contribution in [2.45, 2.75) is 54.4 Å². The number of rotatable bonds is 8. The number of anilines is 3. The van der Waals surface area contributed by atoms with Crippen LogP contribution in [0.3, 0.4) is 0 Å². The van der Waals surface area contributed by atoms with Crippen LogP contribution in [0, 0.1) is 20.8 Å². The van der Waals surface area contributed by atoms with E-state index in [0.29, 0.717) is 29.9 Å². The molecule has 7 heteroatoms. The molecular formula is C25H32N4O2S. The molecular weight excluding hydrogens is 420 g/mol. The first-order chi connectivity index (χ1) is 15.2. The Morgan fingerprint density at radius 2 is 1.62 bits per heavy atom. The van der Waals surface area contributed by atoms with Gasteiger partial charge in [0.25, 0.3) is 5.91 Å². The molecule has 2 aromatic carbocycles. The van der Waals surface area contributed by atoms with E-state index in [1.165, 1.54) is 23.8 Å². The van der Waals surface area contributed by atoms with Gasteiger partial charge in [-0.05, 0) is 56.9 Å². The lowest BCUT2D eigenvalue weighted by Crippen LogP contribution is -2.32. The Morgan fingerprint density at radius 3 is 2.19 bits per heavy atom. The number of nitrogens with zero attached hydrogens (tertiary/aromatic N) is 2. The summed E-state index contributed by atoms with van der Waals surface area (Å²) < 4.78 is 0.825. The average molecular weight is 453 g/mol. The zero-order valence-electron chi connectivity index (χ0n) is 19.8. The second-order valence-corrected chi connectivity index (χ2v) is 9.26. The lowest BCUT2D eigenvalue weighted by molar-refractivity contribution is -0.114. The molecule has 0 bridgehead atoms. The Kier molecular flexibility index (Phi) is 7.51. The van der Waals surface area contributed by atoms with Crippen LogP contribution in [0.4, 0.5) is 16.5 Å². The monoisotopic (exact) mass is 452 g/mol. The van der Waals surface area contributed by atoms with Gasteiger partial charge in [0.1, 0.15) is 0 Å². The number of hydrogen-bond acceptors (Lipinski definition) is 5. The Morgan fingerprint density at radius 1 is 1.00 bits per heavy atom. The minimum absolute atomic E-state index is 0.0243. The van der Waals surface area contributed by atoms with E-state index in [1.54, 1.807) is 6.07 Å². The molecule has 0 aliphatic rings. The van der Waals surface area contributed by atoms with Gasteiger partial charge in [-0.2, -0.15) is 0 Å². The van der Waals surface area contributed by atoms with Crippen LogP contribution in [0.15, 0.2) is 24.3 Å². The summed E-state index contributed by atoms with van der Waals surface area (Å²) in [6, 6.07) is 7.88. The van der Waals surface area contributed by atoms with Gasteiger partial charge in [-0.3, -0.25) is 9.59 Å². The van der Waals surface area contributed by atoms with Crippen LogP contribution in [0.25, 0.3) is 10.2 Å². The van der Waals surface area contributed by atoms with E-state index in [-0.39, 0.29) is 11.8 Å². The van der Waals surface area contributed by atoms with E-state index in [1.807, 2.05) is 11.0 Å². The summed E-state index contributed by atoms with van der Waals surface area (Å²) >= 11 is 1.47. The molecule has 1 heterocycles. The molecule has 6 nitrogen and oxygen atoms in total. The number of aromatic nitrogens is 1. The quantitative estimate of drug-likeness (QED) is 0.428. The predicted octanol–water partition coefficient (Wildman–Crippen LogP) is 6.19. The van der Waals surface area contributed by atoms with Gasteiger partial charge in [-0.15, -0.1) is 0 Å². The van der Waals surface area contributed by atoms with Crippen molar-refractivity contribution < 1.29 is 9.59 Å². The van der Waals surface area contributed by atoms with Crippen molar-refractivity contribution in [3.63, 3.8) is 0 Å². The van der Waals surface area contributed by atoms with Gasteiger partial charge in [0.05, 0.1) is 15.8 Å². The second-order valence-electron chi connectivity index (χ2n) is 8.26. The van der Waals surface area contributed by atoms with Gasteiger partial charge < -0.3 is 15.5 Å². The standard InChI is InChI=1S/C25H32N4O2S/c1-7-9-29(10-8-2)24(31)20-13-19(26-18(6)30)14-21-23(20)32-25(27-21)28-22-16(4)11-15(3)12-17(22)5/h11-14H,7-10H2,1-6H3,(H,26,30)(H,27,28). The van der Waals surface area contributed by atoms with Crippen LogP contribution < -0.4 is 10.6 Å². The van der Waals surface area contributed by atoms with Crippen LogP contribution in [0.1, 0.15) is 60.7 Å². The Hall–Kier alpha value is -2.93. The molecule has 32 heavy (non-hydrogen) atoms. The highest BCUT2D eigenvalue weighted by Gasteiger charge is 2.21. The normalized spacial score (nSPS) is 10.9. The molecule has 1 aromatic heterocycles. The molecule has 0 fully saturated rings. The molecule has 0 aliphatic heterocycles. The molecule has 2 amide bonds. The van der Waals surface area contributed by atoms with E-state index >= 15 is 0 Å². The fourth-order valence-electron chi connectivity index (χ4n) is 4.03. The van der Waals surface area contributed by atoms with Crippen LogP contribution in [0.2, 0.25) is 0 Å². The van der Waals surface area contributed by atoms with E-state index in [4.69, 9.17) is 4.98 Å². The first-order valence-corrected chi connectivity index (χ1v) is 11.9. The van der Waals surface area contributed by atoms with Gasteiger partial charge in [-0.1, -0.05) is 42.9 Å². The van der Waals surface area contributed by atoms with E-state index in [0.717, 1.165) is 39.5 Å². The summed E-state index contributed by atoms with van der Waals surface area (Å²) in [5, 5.41) is 7.00. The molecule has 0 saturated heterocycles. The lowest BCUT2D eigenvalue weighted by atomic mass is 10.1. The Balaban J connectivity index is 2.09. The number of benzene rings is 2. The number of fused-ring (bicyclic) bond motifs is 1. The van der Waals surface area contributed by atoms with Crippen molar-refractivity contribution in [1.82, 2.24) is 9.88 Å². The number of aryl methyl sites for hydroxylation is 3. The van der Waals surface area contributed by atoms with Gasteiger partial charge in [0.2, 0.25) is 5.91 Å². The predicted molar refractivity (Wildman–Crippen MR) is 134 cm³/mol. The molecule has 0 unspecified atom stereocenters. The largest absolute Gasteiger partial charge is 0.339 e. The number of hydrogen-bond donors (Lipinski definition) is 2. The highest BCUT2D eigenvalue weighted by Crippen LogP contribution is 2.35. The fourth-order valence-corrected chi connectivity index (χ4v) is 4.99. The van der Waals surface area contributed by atoms with E-state index in [9.17, 15) is 9.59 Å². The van der Waals surface area contributed by atoms with Crippen molar-refractivity contribution >= 4 is 49.9 Å². The Labute approximate surface area is 194 Å². The zero-order chi connectivity index (χ0) is 23.4. The van der Waals surface area contributed by atoms with E-state index in [2.05, 4.69) is 57.4 Å².